The molecule has 6 aromatic rings. The van der Waals surface area contributed by atoms with Crippen molar-refractivity contribution >= 4 is 44.6 Å². The molecule has 0 spiro atoms. The molecule has 0 aliphatic carbocycles. The van der Waals surface area contributed by atoms with Crippen molar-refractivity contribution in [2.24, 2.45) is 0 Å². The van der Waals surface area contributed by atoms with Crippen LogP contribution in [-0.2, 0) is 6.54 Å². The maximum atomic E-state index is 15.4. The van der Waals surface area contributed by atoms with Crippen LogP contribution in [0.5, 0.6) is 0 Å². The smallest absolute Gasteiger partial charge is 0.242 e. The molecule has 0 aliphatic heterocycles. The Balaban J connectivity index is 0.000000366. The maximum absolute atomic E-state index is 15.4. The highest BCUT2D eigenvalue weighted by atomic mass is 35.5. The third-order valence-electron chi connectivity index (χ3n) is 9.02. The first-order valence-electron chi connectivity index (χ1n) is 15.9. The van der Waals surface area contributed by atoms with Gasteiger partial charge in [-0.05, 0) is 0 Å². The first-order chi connectivity index (χ1) is 28.5. The van der Waals surface area contributed by atoms with Crippen molar-refractivity contribution in [2.45, 2.75) is 6.54 Å². The average Bonchev–Trinajstić information content (AvgIpc) is 3.24. The van der Waals surface area contributed by atoms with Crippen molar-refractivity contribution in [3.63, 3.8) is 0 Å². The maximum Gasteiger partial charge on any atom is 0.242 e. The van der Waals surface area contributed by atoms with E-state index >= 15 is 35.1 Å². The molecule has 320 valence electrons. The zero-order valence-electron chi connectivity index (χ0n) is 28.9. The fourth-order valence-electron chi connectivity index (χ4n) is 6.41. The summed E-state index contributed by atoms with van der Waals surface area (Å²) in [5.41, 5.74) is -12.3. The predicted molar refractivity (Wildman–Crippen MR) is 174 cm³/mol. The van der Waals surface area contributed by atoms with Crippen LogP contribution >= 0.6 is 11.6 Å². The van der Waals surface area contributed by atoms with Crippen molar-refractivity contribution in [2.75, 3.05) is 0 Å². The van der Waals surface area contributed by atoms with E-state index < -0.39 is 144 Å². The van der Waals surface area contributed by atoms with Gasteiger partial charge in [0, 0.05) is 5.56 Å². The number of hydrogen-bond donors (Lipinski definition) is 0. The Morgan fingerprint density at radius 2 is 0.705 bits per heavy atom. The quantitative estimate of drug-likeness (QED) is 0.0517. The number of aromatic nitrogens is 2. The van der Waals surface area contributed by atoms with Gasteiger partial charge in [0.2, 0.25) is 5.69 Å². The van der Waals surface area contributed by atoms with E-state index in [1.165, 1.54) is 5.56 Å². The Morgan fingerprint density at radius 1 is 0.443 bits per heavy atom. The molecule has 5 aromatic carbocycles. The molecule has 6 rings (SSSR count). The number of halogens is 21. The molecule has 0 amide bonds. The Bertz CT molecular complexity index is 2390. The molecule has 0 aliphatic rings. The van der Waals surface area contributed by atoms with Crippen molar-refractivity contribution in [1.82, 2.24) is 4.98 Å². The van der Waals surface area contributed by atoms with Crippen molar-refractivity contribution in [1.29, 1.82) is 0 Å². The van der Waals surface area contributed by atoms with Gasteiger partial charge in [-0.1, -0.05) is 48.5 Å². The molecule has 1 heterocycles. The summed E-state index contributed by atoms with van der Waals surface area (Å²) in [6, 6.07) is 10.2. The minimum absolute atomic E-state index is 0.504. The van der Waals surface area contributed by atoms with Crippen LogP contribution in [0, 0.1) is 116 Å². The number of benzene rings is 5. The predicted octanol–water partition coefficient (Wildman–Crippen LogP) is 8.47. The van der Waals surface area contributed by atoms with E-state index in [9.17, 15) is 52.7 Å². The van der Waals surface area contributed by atoms with E-state index in [-0.39, 0.29) is 0 Å². The van der Waals surface area contributed by atoms with Gasteiger partial charge in [0.25, 0.3) is 0 Å². The second-order valence-corrected chi connectivity index (χ2v) is 12.7. The van der Waals surface area contributed by atoms with Crippen LogP contribution in [0.3, 0.4) is 0 Å². The highest BCUT2D eigenvalue weighted by Gasteiger charge is 2.52. The Kier molecular flexibility index (Phi) is 12.9. The summed E-state index contributed by atoms with van der Waals surface area (Å²) < 4.78 is 296. The van der Waals surface area contributed by atoms with Crippen LogP contribution in [0.25, 0.3) is 5.03 Å². The first-order valence-corrected chi connectivity index (χ1v) is 16.3. The van der Waals surface area contributed by atoms with Crippen LogP contribution in [0.2, 0.25) is 0 Å². The van der Waals surface area contributed by atoms with Gasteiger partial charge in [-0.15, -0.1) is 21.9 Å². The van der Waals surface area contributed by atoms with Gasteiger partial charge in [-0.25, -0.2) is 87.8 Å². The van der Waals surface area contributed by atoms with E-state index in [2.05, 4.69) is 23.7 Å². The van der Waals surface area contributed by atoms with Gasteiger partial charge in [0.15, 0.2) is 82.5 Å². The molecule has 0 fully saturated rings. The van der Waals surface area contributed by atoms with Crippen LogP contribution in [-0.4, -0.2) is 11.1 Å². The fourth-order valence-corrected chi connectivity index (χ4v) is 6.56. The molecule has 0 unspecified atom stereocenters. The molecule has 61 heavy (non-hydrogen) atoms. The Hall–Kier alpha value is -6.13. The molecule has 0 N–H and O–H groups in total. The molecule has 1 aromatic heterocycles. The molecule has 0 bridgehead atoms. The highest BCUT2D eigenvalue weighted by Crippen LogP contribution is 2.30. The minimum atomic E-state index is -7.22. The molecule has 0 atom stereocenters. The van der Waals surface area contributed by atoms with Crippen molar-refractivity contribution < 1.29 is 92.4 Å². The lowest BCUT2D eigenvalue weighted by Crippen LogP contribution is -2.81. The van der Waals surface area contributed by atoms with Gasteiger partial charge in [0.05, 0.1) is 6.20 Å². The summed E-state index contributed by atoms with van der Waals surface area (Å²) in [4.78, 5) is 4.04. The minimum Gasteiger partial charge on any atom is -0.252 e. The molecular formula is C37H12BClF20N2. The number of rotatable bonds is 7. The first kappa shape index (κ1) is 46.0. The molecule has 2 nitrogen and oxygen atoms in total. The van der Waals surface area contributed by atoms with E-state index in [1.54, 1.807) is 12.4 Å². The van der Waals surface area contributed by atoms with Crippen molar-refractivity contribution in [3.8, 4) is 0 Å². The zero-order valence-corrected chi connectivity index (χ0v) is 29.7. The molecule has 0 radical (unpaired) electrons. The standard InChI is InChI=1S/C24BF20.C13H12ClN2/c26-5-1(6(27)14(35)21(42)13(5)34)25(2-7(28)15(36)22(43)16(37)8(2)29,3-9(30)17(38)23(44)18(39)10(3)31)4-11(32)19(40)24(45)20(41)12(4)33;1-11(14)13-9-15-7-8-16(13)10-12-5-3-2-4-6-12/h;2-9H,1,10H2/q-1;+1. The van der Waals surface area contributed by atoms with Crippen LogP contribution < -0.4 is 26.4 Å². The van der Waals surface area contributed by atoms with E-state index in [1.807, 2.05) is 29.0 Å². The lowest BCUT2D eigenvalue weighted by molar-refractivity contribution is -0.690. The third kappa shape index (κ3) is 7.31. The number of nitrogens with zero attached hydrogens (tertiary/aromatic N) is 2. The van der Waals surface area contributed by atoms with Gasteiger partial charge in [-0.2, -0.15) is 4.57 Å². The molecule has 24 heteroatoms. The summed E-state index contributed by atoms with van der Waals surface area (Å²) in [5.74, 6) is -71.4. The van der Waals surface area contributed by atoms with E-state index in [0.717, 1.165) is 12.2 Å². The second-order valence-electron chi connectivity index (χ2n) is 12.3. The lowest BCUT2D eigenvalue weighted by Gasteiger charge is -2.44. The molecule has 0 saturated heterocycles. The lowest BCUT2D eigenvalue weighted by atomic mass is 9.12. The average molecular weight is 911 g/mol. The normalized spacial score (nSPS) is 11.5. The van der Waals surface area contributed by atoms with Gasteiger partial charge >= 0.3 is 0 Å². The number of hydrogen-bond acceptors (Lipinski definition) is 1. The van der Waals surface area contributed by atoms with Crippen LogP contribution in [0.1, 0.15) is 11.3 Å². The monoisotopic (exact) mass is 910 g/mol. The third-order valence-corrected chi connectivity index (χ3v) is 9.21. The summed E-state index contributed by atoms with van der Waals surface area (Å²) in [6.45, 7) is 4.50. The fraction of sp³-hybridized carbons (Fsp3) is 0.0270. The summed E-state index contributed by atoms with van der Waals surface area (Å²) >= 11 is 5.92. The molecule has 0 saturated carbocycles. The van der Waals surface area contributed by atoms with Crippen LogP contribution in [0.4, 0.5) is 87.8 Å². The topological polar surface area (TPSA) is 16.8 Å². The van der Waals surface area contributed by atoms with E-state index in [0.29, 0.717) is 5.03 Å². The summed E-state index contributed by atoms with van der Waals surface area (Å²) in [6.07, 6.45) is -1.86. The largest absolute Gasteiger partial charge is 0.252 e. The highest BCUT2D eigenvalue weighted by molar-refractivity contribution is 7.20. The molecular weight excluding hydrogens is 899 g/mol. The Morgan fingerprint density at radius 3 is 0.967 bits per heavy atom. The summed E-state index contributed by atoms with van der Waals surface area (Å²) in [7, 11) is 0. The summed E-state index contributed by atoms with van der Waals surface area (Å²) in [5, 5.41) is 0.504. The zero-order chi connectivity index (χ0) is 45.7. The van der Waals surface area contributed by atoms with Gasteiger partial charge in [-0.3, -0.25) is 4.98 Å². The van der Waals surface area contributed by atoms with Crippen LogP contribution in [0.15, 0.2) is 55.5 Å². The SMILES string of the molecule is C=C(Cl)c1cncc[n+]1Cc1ccccc1.Fc1c(F)c(F)c([B-](c2c(F)c(F)c(F)c(F)c2F)(c2c(F)c(F)c(F)c(F)c2F)c2c(F)c(F)c(F)c(F)c2F)c(F)c1F. The van der Waals surface area contributed by atoms with Crippen molar-refractivity contribution in [3.05, 3.63) is 183 Å². The van der Waals surface area contributed by atoms with E-state index in [4.69, 9.17) is 11.6 Å². The van der Waals surface area contributed by atoms with Gasteiger partial charge < -0.3 is 0 Å². The second kappa shape index (κ2) is 17.1. The Labute approximate surface area is 331 Å². The van der Waals surface area contributed by atoms with Gasteiger partial charge in [0.1, 0.15) is 63.9 Å².